The van der Waals surface area contributed by atoms with Crippen molar-refractivity contribution >= 4 is 22.2 Å². The molecule has 2 heteroatoms. The molecule has 18 heavy (non-hydrogen) atoms. The first kappa shape index (κ1) is 11.7. The van der Waals surface area contributed by atoms with Crippen molar-refractivity contribution < 1.29 is 4.79 Å². The quantitative estimate of drug-likeness (QED) is 0.705. The first-order valence-corrected chi connectivity index (χ1v) is 6.74. The number of hydrogen-bond donors (Lipinski definition) is 0. The lowest BCUT2D eigenvalue weighted by Gasteiger charge is -2.21. The highest BCUT2D eigenvalue weighted by molar-refractivity contribution is 9.10. The molecule has 0 N–H and O–H groups in total. The summed E-state index contributed by atoms with van der Waals surface area (Å²) in [6.07, 6.45) is 0.906. The number of halogens is 1. The largest absolute Gasteiger partial charge is 0.298 e. The van der Waals surface area contributed by atoms with Gasteiger partial charge >= 0.3 is 0 Å². The fraction of sp³-hybridized carbons (Fsp3) is 0.188. The minimum absolute atomic E-state index is 0.0373. The maximum atomic E-state index is 11.1. The van der Waals surface area contributed by atoms with Gasteiger partial charge in [-0.1, -0.05) is 54.0 Å². The van der Waals surface area contributed by atoms with Crippen molar-refractivity contribution in [2.75, 3.05) is 0 Å². The van der Waals surface area contributed by atoms with Crippen LogP contribution in [-0.2, 0) is 5.41 Å². The maximum Gasteiger partial charge on any atom is 0.151 e. The van der Waals surface area contributed by atoms with E-state index in [0.717, 1.165) is 16.3 Å². The second-order valence-corrected chi connectivity index (χ2v) is 6.06. The lowest BCUT2D eigenvalue weighted by Crippen LogP contribution is -2.15. The van der Waals surface area contributed by atoms with Gasteiger partial charge in [0.1, 0.15) is 0 Å². The number of carbonyl (C=O) groups excluding carboxylic acids is 1. The number of carbonyl (C=O) groups is 1. The molecule has 0 spiro atoms. The van der Waals surface area contributed by atoms with E-state index in [-0.39, 0.29) is 5.41 Å². The fourth-order valence-corrected chi connectivity index (χ4v) is 3.27. The van der Waals surface area contributed by atoms with Gasteiger partial charge in [0.05, 0.1) is 0 Å². The first-order chi connectivity index (χ1) is 8.55. The Morgan fingerprint density at radius 3 is 2.50 bits per heavy atom. The van der Waals surface area contributed by atoms with Crippen LogP contribution in [-0.4, -0.2) is 6.29 Å². The number of aldehydes is 1. The molecule has 2 aromatic carbocycles. The Morgan fingerprint density at radius 2 is 1.78 bits per heavy atom. The summed E-state index contributed by atoms with van der Waals surface area (Å²) in [6, 6.07) is 12.5. The summed E-state index contributed by atoms with van der Waals surface area (Å²) in [7, 11) is 0. The van der Waals surface area contributed by atoms with E-state index in [1.807, 2.05) is 6.07 Å². The smallest absolute Gasteiger partial charge is 0.151 e. The predicted octanol–water partition coefficient (Wildman–Crippen LogP) is 4.57. The summed E-state index contributed by atoms with van der Waals surface area (Å²) in [5.74, 6) is 0. The van der Waals surface area contributed by atoms with Gasteiger partial charge in [0.25, 0.3) is 0 Å². The van der Waals surface area contributed by atoms with Gasteiger partial charge in [-0.2, -0.15) is 0 Å². The van der Waals surface area contributed by atoms with Crippen LogP contribution < -0.4 is 0 Å². The van der Waals surface area contributed by atoms with Crippen LogP contribution in [0.25, 0.3) is 11.1 Å². The van der Waals surface area contributed by atoms with Crippen LogP contribution in [0.15, 0.2) is 40.9 Å². The molecule has 90 valence electrons. The standard InChI is InChI=1S/C16H13BrO/c1-16(2)13-6-4-3-5-11(13)12-8-15(17)10(9-18)7-14(12)16/h3-9H,1-2H3. The van der Waals surface area contributed by atoms with Gasteiger partial charge in [-0.05, 0) is 34.4 Å². The van der Waals surface area contributed by atoms with E-state index in [1.165, 1.54) is 22.3 Å². The topological polar surface area (TPSA) is 17.1 Å². The van der Waals surface area contributed by atoms with Gasteiger partial charge < -0.3 is 0 Å². The first-order valence-electron chi connectivity index (χ1n) is 5.95. The van der Waals surface area contributed by atoms with Crippen molar-refractivity contribution in [3.63, 3.8) is 0 Å². The average Bonchev–Trinajstić information content (AvgIpc) is 2.58. The van der Waals surface area contributed by atoms with Crippen molar-refractivity contribution in [2.24, 2.45) is 0 Å². The van der Waals surface area contributed by atoms with Crippen LogP contribution in [0.4, 0.5) is 0 Å². The van der Waals surface area contributed by atoms with Crippen molar-refractivity contribution in [2.45, 2.75) is 19.3 Å². The van der Waals surface area contributed by atoms with Gasteiger partial charge in [-0.3, -0.25) is 4.79 Å². The molecule has 0 bridgehead atoms. The summed E-state index contributed by atoms with van der Waals surface area (Å²) in [4.78, 5) is 11.1. The molecular formula is C16H13BrO. The molecule has 0 aliphatic heterocycles. The molecule has 0 radical (unpaired) electrons. The van der Waals surface area contributed by atoms with Crippen LogP contribution in [0.5, 0.6) is 0 Å². The van der Waals surface area contributed by atoms with Gasteiger partial charge in [0.15, 0.2) is 6.29 Å². The Kier molecular flexibility index (Phi) is 2.46. The number of hydrogen-bond acceptors (Lipinski definition) is 1. The summed E-state index contributed by atoms with van der Waals surface area (Å²) < 4.78 is 0.865. The van der Waals surface area contributed by atoms with Crippen LogP contribution in [0.3, 0.4) is 0 Å². The van der Waals surface area contributed by atoms with E-state index < -0.39 is 0 Å². The summed E-state index contributed by atoms with van der Waals surface area (Å²) in [5, 5.41) is 0. The van der Waals surface area contributed by atoms with E-state index in [0.29, 0.717) is 0 Å². The minimum atomic E-state index is -0.0373. The Balaban J connectivity index is 2.38. The molecule has 0 atom stereocenters. The Morgan fingerprint density at radius 1 is 1.06 bits per heavy atom. The van der Waals surface area contributed by atoms with Crippen molar-refractivity contribution in [3.8, 4) is 11.1 Å². The number of fused-ring (bicyclic) bond motifs is 3. The zero-order chi connectivity index (χ0) is 12.9. The lowest BCUT2D eigenvalue weighted by molar-refractivity contribution is 0.112. The van der Waals surface area contributed by atoms with Gasteiger partial charge in [0.2, 0.25) is 0 Å². The van der Waals surface area contributed by atoms with Gasteiger partial charge in [-0.25, -0.2) is 0 Å². The van der Waals surface area contributed by atoms with Crippen LogP contribution in [0.1, 0.15) is 35.3 Å². The lowest BCUT2D eigenvalue weighted by atomic mass is 9.82. The maximum absolute atomic E-state index is 11.1. The van der Waals surface area contributed by atoms with E-state index in [4.69, 9.17) is 0 Å². The van der Waals surface area contributed by atoms with Crippen molar-refractivity contribution in [1.82, 2.24) is 0 Å². The second-order valence-electron chi connectivity index (χ2n) is 5.21. The molecule has 1 nitrogen and oxygen atoms in total. The summed E-state index contributed by atoms with van der Waals surface area (Å²) in [6.45, 7) is 4.42. The fourth-order valence-electron chi connectivity index (χ4n) is 2.83. The van der Waals surface area contributed by atoms with E-state index >= 15 is 0 Å². The zero-order valence-electron chi connectivity index (χ0n) is 10.3. The van der Waals surface area contributed by atoms with Crippen molar-refractivity contribution in [3.05, 3.63) is 57.6 Å². The monoisotopic (exact) mass is 300 g/mol. The molecule has 1 aliphatic carbocycles. The van der Waals surface area contributed by atoms with Crippen LogP contribution in [0.2, 0.25) is 0 Å². The molecule has 0 heterocycles. The number of rotatable bonds is 1. The van der Waals surface area contributed by atoms with Gasteiger partial charge in [0, 0.05) is 15.5 Å². The highest BCUT2D eigenvalue weighted by Crippen LogP contribution is 2.49. The SMILES string of the molecule is CC1(C)c2ccccc2-c2cc(Br)c(C=O)cc21. The summed E-state index contributed by atoms with van der Waals surface area (Å²) in [5.41, 5.74) is 5.74. The molecule has 2 aromatic rings. The third-order valence-electron chi connectivity index (χ3n) is 3.83. The number of benzene rings is 2. The third-order valence-corrected chi connectivity index (χ3v) is 4.51. The van der Waals surface area contributed by atoms with Gasteiger partial charge in [-0.15, -0.1) is 0 Å². The molecule has 0 amide bonds. The molecule has 1 aliphatic rings. The van der Waals surface area contributed by atoms with E-state index in [2.05, 4.69) is 60.1 Å². The Labute approximate surface area is 115 Å². The summed E-state index contributed by atoms with van der Waals surface area (Å²) >= 11 is 3.47. The Bertz CT molecular complexity index is 656. The molecular weight excluding hydrogens is 288 g/mol. The predicted molar refractivity (Wildman–Crippen MR) is 77.1 cm³/mol. The Hall–Kier alpha value is -1.41. The zero-order valence-corrected chi connectivity index (χ0v) is 11.9. The highest BCUT2D eigenvalue weighted by Gasteiger charge is 2.35. The third kappa shape index (κ3) is 1.42. The molecule has 0 unspecified atom stereocenters. The highest BCUT2D eigenvalue weighted by atomic mass is 79.9. The minimum Gasteiger partial charge on any atom is -0.298 e. The molecule has 0 saturated heterocycles. The van der Waals surface area contributed by atoms with Crippen LogP contribution >= 0.6 is 15.9 Å². The molecule has 0 aromatic heterocycles. The normalized spacial score (nSPS) is 15.1. The van der Waals surface area contributed by atoms with Crippen molar-refractivity contribution in [1.29, 1.82) is 0 Å². The molecule has 0 saturated carbocycles. The average molecular weight is 301 g/mol. The molecule has 0 fully saturated rings. The van der Waals surface area contributed by atoms with Crippen LogP contribution in [0, 0.1) is 0 Å². The van der Waals surface area contributed by atoms with E-state index in [1.54, 1.807) is 0 Å². The second kappa shape index (κ2) is 3.79. The van der Waals surface area contributed by atoms with E-state index in [9.17, 15) is 4.79 Å². The molecule has 3 rings (SSSR count).